The number of hydrogen-bond donors (Lipinski definition) is 1. The van der Waals surface area contributed by atoms with Crippen LogP contribution < -0.4 is 5.32 Å². The standard InChI is InChI=1S/C14H15N5O2S/c1-9(12-7-10-5-3-4-6-11(10)21-12)15-13(20)8-22-14-16-17-18-19(14)2/h3-7,9H,8H2,1-2H3,(H,15,20)/t9-/m1/s1. The van der Waals surface area contributed by atoms with Gasteiger partial charge in [0, 0.05) is 12.4 Å². The second-order valence-electron chi connectivity index (χ2n) is 4.85. The summed E-state index contributed by atoms with van der Waals surface area (Å²) in [6, 6.07) is 9.51. The minimum atomic E-state index is -0.196. The summed E-state index contributed by atoms with van der Waals surface area (Å²) in [6.45, 7) is 1.89. The second-order valence-corrected chi connectivity index (χ2v) is 5.79. The molecule has 0 saturated heterocycles. The minimum absolute atomic E-state index is 0.0963. The van der Waals surface area contributed by atoms with Gasteiger partial charge in [-0.2, -0.15) is 0 Å². The van der Waals surface area contributed by atoms with Gasteiger partial charge in [0.2, 0.25) is 11.1 Å². The van der Waals surface area contributed by atoms with Gasteiger partial charge in [0.1, 0.15) is 11.3 Å². The van der Waals surface area contributed by atoms with Crippen molar-refractivity contribution < 1.29 is 9.21 Å². The lowest BCUT2D eigenvalue weighted by Crippen LogP contribution is -2.28. The van der Waals surface area contributed by atoms with Crippen molar-refractivity contribution in [2.75, 3.05) is 5.75 Å². The smallest absolute Gasteiger partial charge is 0.231 e. The number of thioether (sulfide) groups is 1. The van der Waals surface area contributed by atoms with Crippen LogP contribution in [0, 0.1) is 0 Å². The fourth-order valence-corrected chi connectivity index (χ4v) is 2.70. The summed E-state index contributed by atoms with van der Waals surface area (Å²) in [6.07, 6.45) is 0. The Balaban J connectivity index is 1.59. The van der Waals surface area contributed by atoms with Crippen molar-refractivity contribution in [1.29, 1.82) is 0 Å². The van der Waals surface area contributed by atoms with Gasteiger partial charge >= 0.3 is 0 Å². The van der Waals surface area contributed by atoms with Crippen LogP contribution >= 0.6 is 11.8 Å². The van der Waals surface area contributed by atoms with E-state index in [1.54, 1.807) is 7.05 Å². The SMILES string of the molecule is C[C@@H](NC(=O)CSc1nnnn1C)c1cc2ccccc2o1. The van der Waals surface area contributed by atoms with Crippen molar-refractivity contribution in [2.24, 2.45) is 7.05 Å². The van der Waals surface area contributed by atoms with Gasteiger partial charge in [-0.15, -0.1) is 5.10 Å². The zero-order chi connectivity index (χ0) is 15.5. The summed E-state index contributed by atoms with van der Waals surface area (Å²) in [5, 5.41) is 15.6. The molecule has 22 heavy (non-hydrogen) atoms. The number of para-hydroxylation sites is 1. The number of tetrazole rings is 1. The van der Waals surface area contributed by atoms with E-state index in [2.05, 4.69) is 20.8 Å². The number of amides is 1. The van der Waals surface area contributed by atoms with Crippen LogP contribution in [0.1, 0.15) is 18.7 Å². The Morgan fingerprint density at radius 1 is 1.45 bits per heavy atom. The lowest BCUT2D eigenvalue weighted by Gasteiger charge is -2.10. The molecule has 0 aliphatic heterocycles. The quantitative estimate of drug-likeness (QED) is 0.724. The summed E-state index contributed by atoms with van der Waals surface area (Å²) in [7, 11) is 1.73. The lowest BCUT2D eigenvalue weighted by atomic mass is 10.2. The summed E-state index contributed by atoms with van der Waals surface area (Å²) < 4.78 is 7.27. The van der Waals surface area contributed by atoms with Gasteiger partial charge in [0.05, 0.1) is 11.8 Å². The molecule has 0 aliphatic carbocycles. The van der Waals surface area contributed by atoms with E-state index in [-0.39, 0.29) is 17.7 Å². The van der Waals surface area contributed by atoms with Crippen LogP contribution in [0.15, 0.2) is 39.9 Å². The number of carbonyl (C=O) groups is 1. The van der Waals surface area contributed by atoms with Crippen molar-refractivity contribution >= 4 is 28.6 Å². The fourth-order valence-electron chi connectivity index (χ4n) is 2.04. The van der Waals surface area contributed by atoms with Crippen LogP contribution in [-0.4, -0.2) is 31.9 Å². The molecule has 0 fully saturated rings. The monoisotopic (exact) mass is 317 g/mol. The Morgan fingerprint density at radius 2 is 2.27 bits per heavy atom. The molecule has 0 unspecified atom stereocenters. The van der Waals surface area contributed by atoms with Gasteiger partial charge in [-0.3, -0.25) is 4.79 Å². The van der Waals surface area contributed by atoms with E-state index in [1.165, 1.54) is 16.4 Å². The number of nitrogens with one attached hydrogen (secondary N) is 1. The summed E-state index contributed by atoms with van der Waals surface area (Å²) in [5.41, 5.74) is 0.818. The van der Waals surface area contributed by atoms with Gasteiger partial charge < -0.3 is 9.73 Å². The number of nitrogens with zero attached hydrogens (tertiary/aromatic N) is 4. The number of benzene rings is 1. The van der Waals surface area contributed by atoms with E-state index in [0.29, 0.717) is 5.16 Å². The molecule has 2 heterocycles. The van der Waals surface area contributed by atoms with Gasteiger partial charge in [-0.05, 0) is 29.5 Å². The molecular weight excluding hydrogens is 302 g/mol. The summed E-state index contributed by atoms with van der Waals surface area (Å²) in [5.74, 6) is 0.888. The van der Waals surface area contributed by atoms with Crippen molar-refractivity contribution in [2.45, 2.75) is 18.1 Å². The molecule has 114 valence electrons. The molecule has 0 saturated carbocycles. The van der Waals surface area contributed by atoms with Crippen LogP contribution in [0.25, 0.3) is 11.0 Å². The highest BCUT2D eigenvalue weighted by Gasteiger charge is 2.15. The zero-order valence-electron chi connectivity index (χ0n) is 12.2. The Morgan fingerprint density at radius 3 is 3.00 bits per heavy atom. The molecule has 0 spiro atoms. The molecule has 7 nitrogen and oxygen atoms in total. The number of aryl methyl sites for hydroxylation is 1. The molecule has 2 aromatic heterocycles. The van der Waals surface area contributed by atoms with Crippen LogP contribution in [-0.2, 0) is 11.8 Å². The highest BCUT2D eigenvalue weighted by atomic mass is 32.2. The third-order valence-electron chi connectivity index (χ3n) is 3.16. The predicted octanol–water partition coefficient (Wildman–Crippen LogP) is 1.93. The number of aromatic nitrogens is 4. The average Bonchev–Trinajstić information content (AvgIpc) is 3.11. The molecule has 1 atom stereocenters. The number of hydrogen-bond acceptors (Lipinski definition) is 6. The van der Waals surface area contributed by atoms with Crippen molar-refractivity contribution in [1.82, 2.24) is 25.5 Å². The van der Waals surface area contributed by atoms with Crippen molar-refractivity contribution in [3.63, 3.8) is 0 Å². The Kier molecular flexibility index (Phi) is 4.10. The summed E-state index contributed by atoms with van der Waals surface area (Å²) in [4.78, 5) is 12.0. The number of carbonyl (C=O) groups excluding carboxylic acids is 1. The van der Waals surface area contributed by atoms with Gasteiger partial charge in [-0.25, -0.2) is 4.68 Å². The van der Waals surface area contributed by atoms with Crippen LogP contribution in [0.3, 0.4) is 0 Å². The maximum Gasteiger partial charge on any atom is 0.231 e. The molecule has 3 rings (SSSR count). The maximum atomic E-state index is 12.0. The molecule has 0 aliphatic rings. The van der Waals surface area contributed by atoms with E-state index in [0.717, 1.165) is 16.7 Å². The highest BCUT2D eigenvalue weighted by Crippen LogP contribution is 2.23. The first kappa shape index (κ1) is 14.6. The molecule has 0 radical (unpaired) electrons. The number of fused-ring (bicyclic) bond motifs is 1. The van der Waals surface area contributed by atoms with E-state index in [9.17, 15) is 4.79 Å². The van der Waals surface area contributed by atoms with Gasteiger partial charge in [0.15, 0.2) is 0 Å². The Bertz CT molecular complexity index is 764. The topological polar surface area (TPSA) is 85.8 Å². The molecule has 3 aromatic rings. The van der Waals surface area contributed by atoms with Crippen LogP contribution in [0.5, 0.6) is 0 Å². The lowest BCUT2D eigenvalue weighted by molar-refractivity contribution is -0.119. The average molecular weight is 317 g/mol. The van der Waals surface area contributed by atoms with Crippen molar-refractivity contribution in [3.05, 3.63) is 36.1 Å². The molecule has 1 amide bonds. The van der Waals surface area contributed by atoms with Crippen LogP contribution in [0.2, 0.25) is 0 Å². The normalized spacial score (nSPS) is 12.5. The maximum absolute atomic E-state index is 12.0. The second kappa shape index (κ2) is 6.18. The number of furan rings is 1. The van der Waals surface area contributed by atoms with E-state index in [4.69, 9.17) is 4.42 Å². The zero-order valence-corrected chi connectivity index (χ0v) is 13.0. The first-order valence-corrected chi connectivity index (χ1v) is 7.75. The van der Waals surface area contributed by atoms with Gasteiger partial charge in [0.25, 0.3) is 0 Å². The minimum Gasteiger partial charge on any atom is -0.459 e. The molecule has 0 bridgehead atoms. The highest BCUT2D eigenvalue weighted by molar-refractivity contribution is 7.99. The van der Waals surface area contributed by atoms with Crippen molar-refractivity contribution in [3.8, 4) is 0 Å². The van der Waals surface area contributed by atoms with E-state index in [1.807, 2.05) is 37.3 Å². The third kappa shape index (κ3) is 3.11. The first-order chi connectivity index (χ1) is 10.6. The first-order valence-electron chi connectivity index (χ1n) is 6.76. The van der Waals surface area contributed by atoms with Crippen LogP contribution in [0.4, 0.5) is 0 Å². The number of rotatable bonds is 5. The van der Waals surface area contributed by atoms with E-state index < -0.39 is 0 Å². The Hall–Kier alpha value is -2.35. The third-order valence-corrected chi connectivity index (χ3v) is 4.17. The largest absolute Gasteiger partial charge is 0.459 e. The summed E-state index contributed by atoms with van der Waals surface area (Å²) >= 11 is 1.29. The molecule has 1 N–H and O–H groups in total. The molecular formula is C14H15N5O2S. The van der Waals surface area contributed by atoms with Gasteiger partial charge in [-0.1, -0.05) is 30.0 Å². The van der Waals surface area contributed by atoms with E-state index >= 15 is 0 Å². The molecule has 1 aromatic carbocycles. The predicted molar refractivity (Wildman–Crippen MR) is 82.3 cm³/mol. The Labute approximate surface area is 131 Å². The molecule has 8 heteroatoms. The fraction of sp³-hybridized carbons (Fsp3) is 0.286.